The van der Waals surface area contributed by atoms with Crippen molar-refractivity contribution in [3.05, 3.63) is 17.3 Å². The highest BCUT2D eigenvalue weighted by Crippen LogP contribution is 2.55. The Labute approximate surface area is 184 Å². The van der Waals surface area contributed by atoms with E-state index in [1.165, 1.54) is 10.9 Å². The molecule has 1 fully saturated rings. The van der Waals surface area contributed by atoms with E-state index in [0.717, 1.165) is 0 Å². The number of aliphatic imine (C=N–C) groups is 1. The van der Waals surface area contributed by atoms with Gasteiger partial charge in [0.15, 0.2) is 15.3 Å². The molecule has 18 heteroatoms. The largest absolute Gasteiger partial charge is 0.484 e. The number of rotatable bonds is 8. The van der Waals surface area contributed by atoms with E-state index in [9.17, 15) is 24.2 Å². The van der Waals surface area contributed by atoms with Gasteiger partial charge in [0.2, 0.25) is 0 Å². The van der Waals surface area contributed by atoms with Crippen molar-refractivity contribution in [1.29, 1.82) is 0 Å². The molecule has 32 heavy (non-hydrogen) atoms. The molecule has 0 aliphatic carbocycles. The summed E-state index contributed by atoms with van der Waals surface area (Å²) in [6.45, 7) is -0.444. The summed E-state index contributed by atoms with van der Waals surface area (Å²) in [5.74, 6) is 5.92. The number of ether oxygens (including phenoxy) is 1. The number of hydrogen-bond acceptors (Lipinski definition) is 13. The fraction of sp³-hybridized carbons (Fsp3) is 0.500. The Morgan fingerprint density at radius 3 is 2.88 bits per heavy atom. The number of nitrogens with two attached hydrogens (primary N) is 2. The molecule has 15 nitrogen and oxygen atoms in total. The summed E-state index contributed by atoms with van der Waals surface area (Å²) in [4.78, 5) is 21.9. The molecular weight excluding hydrogens is 491 g/mol. The fourth-order valence-corrected chi connectivity index (χ4v) is 5.27. The maximum atomic E-state index is 11.7. The van der Waals surface area contributed by atoms with E-state index < -0.39 is 62.4 Å². The Hall–Kier alpha value is -1.20. The van der Waals surface area contributed by atoms with Gasteiger partial charge in [0.25, 0.3) is 0 Å². The highest BCUT2D eigenvalue weighted by Gasteiger charge is 2.45. The zero-order chi connectivity index (χ0) is 23.5. The third kappa shape index (κ3) is 5.64. The summed E-state index contributed by atoms with van der Waals surface area (Å²) in [5, 5.41) is 23.7. The second-order valence-corrected chi connectivity index (χ2v) is 9.81. The van der Waals surface area contributed by atoms with Crippen LogP contribution in [0.1, 0.15) is 23.5 Å². The maximum absolute atomic E-state index is 11.7. The number of nitrogens with zero attached hydrogens (tertiary/aromatic N) is 2. The van der Waals surface area contributed by atoms with Crippen molar-refractivity contribution < 1.29 is 47.0 Å². The van der Waals surface area contributed by atoms with Gasteiger partial charge in [0.05, 0.1) is 25.1 Å². The van der Waals surface area contributed by atoms with Crippen molar-refractivity contribution in [2.75, 3.05) is 13.2 Å². The molecule has 1 aromatic rings. The van der Waals surface area contributed by atoms with Crippen molar-refractivity contribution in [2.45, 2.75) is 30.7 Å². The van der Waals surface area contributed by atoms with Crippen LogP contribution in [0.3, 0.4) is 0 Å². The zero-order valence-corrected chi connectivity index (χ0v) is 19.1. The van der Waals surface area contributed by atoms with Crippen LogP contribution in [0.5, 0.6) is 0 Å². The van der Waals surface area contributed by atoms with Crippen LogP contribution >= 0.6 is 25.1 Å². The third-order valence-electron chi connectivity index (χ3n) is 4.44. The molecule has 0 amide bonds. The van der Waals surface area contributed by atoms with E-state index in [2.05, 4.69) is 30.8 Å². The van der Waals surface area contributed by atoms with Gasteiger partial charge in [-0.1, -0.05) is 11.8 Å². The van der Waals surface area contributed by atoms with Crippen LogP contribution < -0.4 is 16.8 Å². The minimum atomic E-state index is -4.77. The Kier molecular flexibility index (Phi) is 8.59. The Morgan fingerprint density at radius 2 is 2.19 bits per heavy atom. The number of fused-ring (bicyclic) bond motifs is 1. The predicted octanol–water partition coefficient (Wildman–Crippen LogP) is -1.32. The Balaban J connectivity index is 1.75. The molecule has 0 saturated carbocycles. The Morgan fingerprint density at radius 1 is 1.44 bits per heavy atom. The lowest BCUT2D eigenvalue weighted by Gasteiger charge is -2.21. The normalized spacial score (nSPS) is 29.9. The van der Waals surface area contributed by atoms with Crippen molar-refractivity contribution >= 4 is 37.3 Å². The van der Waals surface area contributed by atoms with Crippen LogP contribution in [-0.4, -0.2) is 62.4 Å². The summed E-state index contributed by atoms with van der Waals surface area (Å²) in [6, 6.07) is 0. The van der Waals surface area contributed by atoms with Gasteiger partial charge >= 0.3 is 16.1 Å². The van der Waals surface area contributed by atoms with Crippen LogP contribution in [-0.2, 0) is 27.0 Å². The molecule has 0 bridgehead atoms. The van der Waals surface area contributed by atoms with Gasteiger partial charge < -0.3 is 50.6 Å². The standard InChI is InChI=1S/C14H22N5O10P3/c15-3-1-2-7-4-19(13-9(7)12(16)17-6-18-13)14-11(21)10(20)8(27-14)5-26-31(23)29-32(24,25)28-30-22/h4,6,8,10-12,14,20-22,30-31H,3,5,15-16H2,(H,17,18)(H,24,25)/t8-,10?,11+,12?,14-/m1/s1. The predicted molar refractivity (Wildman–Crippen MR) is 112 cm³/mol. The number of aliphatic hydroxyl groups is 2. The molecule has 2 aliphatic rings. The van der Waals surface area contributed by atoms with Gasteiger partial charge in [-0.25, -0.2) is 18.2 Å². The minimum Gasteiger partial charge on any atom is -0.387 e. The van der Waals surface area contributed by atoms with Crippen molar-refractivity contribution in [3.63, 3.8) is 0 Å². The summed E-state index contributed by atoms with van der Waals surface area (Å²) in [6.07, 6.45) is -2.94. The average molecular weight is 513 g/mol. The monoisotopic (exact) mass is 513 g/mol. The van der Waals surface area contributed by atoms with Gasteiger partial charge in [-0.15, -0.1) is 0 Å². The number of aliphatic hydroxyl groups excluding tert-OH is 2. The van der Waals surface area contributed by atoms with Crippen molar-refractivity contribution in [2.24, 2.45) is 16.5 Å². The van der Waals surface area contributed by atoms with E-state index >= 15 is 0 Å². The first kappa shape index (κ1) is 25.4. The van der Waals surface area contributed by atoms with Gasteiger partial charge in [-0.3, -0.25) is 4.57 Å². The highest BCUT2D eigenvalue weighted by atomic mass is 31.3. The van der Waals surface area contributed by atoms with Gasteiger partial charge in [-0.05, 0) is 0 Å². The van der Waals surface area contributed by atoms with Crippen molar-refractivity contribution in [1.82, 2.24) is 9.88 Å². The highest BCUT2D eigenvalue weighted by molar-refractivity contribution is 7.60. The average Bonchev–Trinajstić information content (AvgIpc) is 3.23. The quantitative estimate of drug-likeness (QED) is 0.158. The van der Waals surface area contributed by atoms with Crippen molar-refractivity contribution in [3.8, 4) is 11.8 Å². The molecule has 0 aromatic carbocycles. The Bertz CT molecular complexity index is 994. The van der Waals surface area contributed by atoms with E-state index in [1.54, 1.807) is 6.20 Å². The molecule has 3 heterocycles. The first-order valence-corrected chi connectivity index (χ1v) is 12.5. The molecule has 5 unspecified atom stereocenters. The summed E-state index contributed by atoms with van der Waals surface area (Å²) in [7, 11) is -9.69. The molecule has 178 valence electrons. The lowest BCUT2D eigenvalue weighted by molar-refractivity contribution is -0.0483. The molecular formula is C14H22N5O10P3. The fourth-order valence-electron chi connectivity index (χ4n) is 3.11. The molecule has 8 atom stereocenters. The summed E-state index contributed by atoms with van der Waals surface area (Å²) < 4.78 is 43.3. The summed E-state index contributed by atoms with van der Waals surface area (Å²) in [5.41, 5.74) is 12.5. The maximum Gasteiger partial charge on any atom is 0.484 e. The van der Waals surface area contributed by atoms with Crippen LogP contribution in [0.15, 0.2) is 11.2 Å². The van der Waals surface area contributed by atoms with E-state index in [-0.39, 0.29) is 6.54 Å². The summed E-state index contributed by atoms with van der Waals surface area (Å²) >= 11 is 0. The molecule has 1 saturated heterocycles. The third-order valence-corrected chi connectivity index (χ3v) is 7.61. The number of aromatic nitrogens is 1. The van der Waals surface area contributed by atoms with E-state index in [4.69, 9.17) is 25.6 Å². The van der Waals surface area contributed by atoms with E-state index in [0.29, 0.717) is 16.9 Å². The van der Waals surface area contributed by atoms with E-state index in [1.807, 2.05) is 0 Å². The molecule has 2 aliphatic heterocycles. The van der Waals surface area contributed by atoms with Crippen LogP contribution in [0, 0.1) is 11.8 Å². The molecule has 0 radical (unpaired) electrons. The topological polar surface area (TPSA) is 233 Å². The molecule has 0 spiro atoms. The first-order valence-electron chi connectivity index (χ1n) is 8.94. The number of hydrogen-bond donors (Lipinski definition) is 7. The van der Waals surface area contributed by atoms with Crippen LogP contribution in [0.2, 0.25) is 0 Å². The second kappa shape index (κ2) is 10.8. The lowest BCUT2D eigenvalue weighted by Crippen LogP contribution is -2.33. The van der Waals surface area contributed by atoms with Gasteiger partial charge in [-0.2, -0.15) is 0 Å². The van der Waals surface area contributed by atoms with Gasteiger partial charge in [0, 0.05) is 11.8 Å². The minimum absolute atomic E-state index is 0.110. The van der Waals surface area contributed by atoms with Gasteiger partial charge in [0.1, 0.15) is 30.3 Å². The molecule has 3 rings (SSSR count). The number of phosphoric acid groups is 1. The second-order valence-electron chi connectivity index (χ2n) is 6.45. The van der Waals surface area contributed by atoms with Crippen LogP contribution in [0.25, 0.3) is 0 Å². The number of nitrogens with one attached hydrogen (secondary N) is 1. The zero-order valence-electron chi connectivity index (χ0n) is 16.2. The molecule has 1 aromatic heterocycles. The van der Waals surface area contributed by atoms with Crippen LogP contribution in [0.4, 0.5) is 5.82 Å². The SMILES string of the molecule is NCC#Cc1cn([C@@H]2O[C@H](CO[PH](=O)OP(=O)(O)OPO)C(O)[C@@H]2O)c2c1C(N)NC=N2. The first-order chi connectivity index (χ1) is 15.2. The smallest absolute Gasteiger partial charge is 0.387 e. The molecule has 9 N–H and O–H groups in total. The lowest BCUT2D eigenvalue weighted by atomic mass is 10.1.